The number of carbonyl (C=O) groups is 1. The van der Waals surface area contributed by atoms with Gasteiger partial charge in [-0.05, 0) is 50.2 Å². The Morgan fingerprint density at radius 1 is 1.13 bits per heavy atom. The summed E-state index contributed by atoms with van der Waals surface area (Å²) in [5.41, 5.74) is 1.55. The van der Waals surface area contributed by atoms with Crippen LogP contribution < -0.4 is 9.46 Å². The van der Waals surface area contributed by atoms with Gasteiger partial charge in [0.25, 0.3) is 0 Å². The van der Waals surface area contributed by atoms with Crippen molar-refractivity contribution in [3.8, 4) is 11.4 Å². The van der Waals surface area contributed by atoms with Gasteiger partial charge in [0.15, 0.2) is 0 Å². The number of rotatable bonds is 8. The lowest BCUT2D eigenvalue weighted by Crippen LogP contribution is -2.30. The van der Waals surface area contributed by atoms with Gasteiger partial charge in [-0.1, -0.05) is 18.2 Å². The first-order chi connectivity index (χ1) is 14.3. The minimum Gasteiger partial charge on any atom is -0.495 e. The molecular weight excluding hydrogens is 406 g/mol. The highest BCUT2D eigenvalue weighted by atomic mass is 32.2. The van der Waals surface area contributed by atoms with E-state index in [4.69, 9.17) is 9.47 Å². The third kappa shape index (κ3) is 5.05. The minimum atomic E-state index is -3.85. The number of nitrogens with zero attached hydrogens (tertiary/aromatic N) is 2. The lowest BCUT2D eigenvalue weighted by molar-refractivity contribution is 0.0467. The topological polar surface area (TPSA) is 99.5 Å². The third-order valence-corrected chi connectivity index (χ3v) is 5.78. The maximum Gasteiger partial charge on any atom is 0.338 e. The number of nitrogens with one attached hydrogen (secondary N) is 1. The molecule has 0 saturated heterocycles. The Hall–Kier alpha value is -3.17. The Morgan fingerprint density at radius 3 is 2.53 bits per heavy atom. The summed E-state index contributed by atoms with van der Waals surface area (Å²) in [4.78, 5) is 12.4. The first kappa shape index (κ1) is 21.5. The van der Waals surface area contributed by atoms with Crippen LogP contribution in [0.15, 0.2) is 65.7 Å². The van der Waals surface area contributed by atoms with Crippen LogP contribution in [0.5, 0.6) is 5.75 Å². The number of hydrogen-bond acceptors (Lipinski definition) is 6. The van der Waals surface area contributed by atoms with Gasteiger partial charge in [0, 0.05) is 12.2 Å². The molecule has 3 aromatic rings. The van der Waals surface area contributed by atoms with Crippen LogP contribution in [-0.2, 0) is 21.4 Å². The van der Waals surface area contributed by atoms with Gasteiger partial charge in [0.1, 0.15) is 22.9 Å². The van der Waals surface area contributed by atoms with Gasteiger partial charge in [-0.3, -0.25) is 0 Å². The Bertz CT molecular complexity index is 1120. The lowest BCUT2D eigenvalue weighted by atomic mass is 10.2. The van der Waals surface area contributed by atoms with Gasteiger partial charge < -0.3 is 9.47 Å². The first-order valence-electron chi connectivity index (χ1n) is 9.27. The van der Waals surface area contributed by atoms with Crippen molar-refractivity contribution in [2.24, 2.45) is 0 Å². The minimum absolute atomic E-state index is 0.0446. The van der Waals surface area contributed by atoms with Crippen molar-refractivity contribution >= 4 is 16.0 Å². The summed E-state index contributed by atoms with van der Waals surface area (Å²) in [6, 6.07) is 15.1. The van der Waals surface area contributed by atoms with E-state index in [2.05, 4.69) is 9.82 Å². The predicted molar refractivity (Wildman–Crippen MR) is 111 cm³/mol. The van der Waals surface area contributed by atoms with E-state index in [9.17, 15) is 13.2 Å². The van der Waals surface area contributed by atoms with E-state index in [1.54, 1.807) is 30.8 Å². The van der Waals surface area contributed by atoms with Crippen LogP contribution in [0, 0.1) is 0 Å². The molecule has 0 aliphatic heterocycles. The quantitative estimate of drug-likeness (QED) is 0.553. The van der Waals surface area contributed by atoms with Crippen molar-refractivity contribution in [2.45, 2.75) is 31.4 Å². The zero-order valence-corrected chi connectivity index (χ0v) is 17.7. The molecule has 1 aromatic heterocycles. The standard InChI is InChI=1S/C21H23N3O5S/c1-15(2)23-30(26,27)20-13-16(9-10-19(20)28-3)21(25)29-14-17-11-12-24(22-17)18-7-5-4-6-8-18/h4-13,15,23H,14H2,1-3H3. The van der Waals surface area contributed by atoms with Crippen molar-refractivity contribution in [2.75, 3.05) is 7.11 Å². The van der Waals surface area contributed by atoms with Crippen molar-refractivity contribution in [3.63, 3.8) is 0 Å². The fourth-order valence-electron chi connectivity index (χ4n) is 2.77. The average Bonchev–Trinajstić information content (AvgIpc) is 3.20. The monoisotopic (exact) mass is 429 g/mol. The molecule has 30 heavy (non-hydrogen) atoms. The molecule has 0 atom stereocenters. The van der Waals surface area contributed by atoms with Gasteiger partial charge >= 0.3 is 5.97 Å². The van der Waals surface area contributed by atoms with Gasteiger partial charge in [0.05, 0.1) is 18.4 Å². The third-order valence-electron chi connectivity index (χ3n) is 4.10. The molecule has 0 aliphatic rings. The average molecular weight is 429 g/mol. The summed E-state index contributed by atoms with van der Waals surface area (Å²) in [6.45, 7) is 3.37. The van der Waals surface area contributed by atoms with Crippen molar-refractivity contribution in [1.29, 1.82) is 0 Å². The Labute approximate surface area is 175 Å². The number of carbonyl (C=O) groups excluding carboxylic acids is 1. The molecular formula is C21H23N3O5S. The molecule has 0 saturated carbocycles. The number of esters is 1. The highest BCUT2D eigenvalue weighted by Gasteiger charge is 2.23. The van der Waals surface area contributed by atoms with E-state index in [0.717, 1.165) is 5.69 Å². The first-order valence-corrected chi connectivity index (χ1v) is 10.8. The number of sulfonamides is 1. The summed E-state index contributed by atoms with van der Waals surface area (Å²) in [5.74, 6) is -0.519. The summed E-state index contributed by atoms with van der Waals surface area (Å²) >= 11 is 0. The van der Waals surface area contributed by atoms with Crippen LogP contribution in [0.3, 0.4) is 0 Å². The van der Waals surface area contributed by atoms with E-state index in [0.29, 0.717) is 5.69 Å². The molecule has 2 aromatic carbocycles. The fourth-order valence-corrected chi connectivity index (χ4v) is 4.22. The van der Waals surface area contributed by atoms with E-state index >= 15 is 0 Å². The molecule has 9 heteroatoms. The summed E-state index contributed by atoms with van der Waals surface area (Å²) in [7, 11) is -2.49. The molecule has 1 N–H and O–H groups in total. The second kappa shape index (κ2) is 9.10. The van der Waals surface area contributed by atoms with E-state index in [1.807, 2.05) is 30.3 Å². The lowest BCUT2D eigenvalue weighted by Gasteiger charge is -2.14. The van der Waals surface area contributed by atoms with Crippen LogP contribution in [-0.4, -0.2) is 37.3 Å². The number of methoxy groups -OCH3 is 1. The van der Waals surface area contributed by atoms with Crippen molar-refractivity contribution < 1.29 is 22.7 Å². The Balaban J connectivity index is 1.74. The number of para-hydroxylation sites is 1. The van der Waals surface area contributed by atoms with Gasteiger partial charge in [-0.15, -0.1) is 0 Å². The van der Waals surface area contributed by atoms with Crippen LogP contribution in [0.1, 0.15) is 29.9 Å². The fraction of sp³-hybridized carbons (Fsp3) is 0.238. The molecule has 8 nitrogen and oxygen atoms in total. The molecule has 1 heterocycles. The molecule has 0 amide bonds. The number of ether oxygens (including phenoxy) is 2. The predicted octanol–water partition coefficient (Wildman–Crippen LogP) is 2.92. The van der Waals surface area contributed by atoms with E-state index in [-0.39, 0.29) is 28.9 Å². The second-order valence-corrected chi connectivity index (χ2v) is 8.49. The molecule has 0 radical (unpaired) electrons. The van der Waals surface area contributed by atoms with Crippen LogP contribution >= 0.6 is 0 Å². The number of benzene rings is 2. The summed E-state index contributed by atoms with van der Waals surface area (Å²) in [6.07, 6.45) is 1.77. The highest BCUT2D eigenvalue weighted by molar-refractivity contribution is 7.89. The van der Waals surface area contributed by atoms with Crippen molar-refractivity contribution in [3.05, 3.63) is 72.1 Å². The maximum absolute atomic E-state index is 12.6. The zero-order valence-electron chi connectivity index (χ0n) is 16.9. The van der Waals surface area contributed by atoms with E-state index in [1.165, 1.54) is 25.3 Å². The number of aromatic nitrogens is 2. The summed E-state index contributed by atoms with van der Waals surface area (Å²) in [5, 5.41) is 4.38. The zero-order chi connectivity index (χ0) is 21.7. The summed E-state index contributed by atoms with van der Waals surface area (Å²) < 4.78 is 39.7. The van der Waals surface area contributed by atoms with Gasteiger partial charge in [-0.2, -0.15) is 5.10 Å². The maximum atomic E-state index is 12.6. The molecule has 3 rings (SSSR count). The molecule has 0 bridgehead atoms. The van der Waals surface area contributed by atoms with Gasteiger partial charge in [0.2, 0.25) is 10.0 Å². The van der Waals surface area contributed by atoms with Crippen LogP contribution in [0.4, 0.5) is 0 Å². The van der Waals surface area contributed by atoms with Crippen molar-refractivity contribution in [1.82, 2.24) is 14.5 Å². The Morgan fingerprint density at radius 2 is 1.87 bits per heavy atom. The largest absolute Gasteiger partial charge is 0.495 e. The van der Waals surface area contributed by atoms with Gasteiger partial charge in [-0.25, -0.2) is 22.6 Å². The SMILES string of the molecule is COc1ccc(C(=O)OCc2ccn(-c3ccccc3)n2)cc1S(=O)(=O)NC(C)C. The molecule has 0 aliphatic carbocycles. The molecule has 0 unspecified atom stereocenters. The molecule has 0 fully saturated rings. The Kier molecular flexibility index (Phi) is 6.53. The highest BCUT2D eigenvalue weighted by Crippen LogP contribution is 2.25. The smallest absolute Gasteiger partial charge is 0.338 e. The van der Waals surface area contributed by atoms with Crippen LogP contribution in [0.2, 0.25) is 0 Å². The number of hydrogen-bond donors (Lipinski definition) is 1. The second-order valence-electron chi connectivity index (χ2n) is 6.80. The normalized spacial score (nSPS) is 11.5. The molecule has 158 valence electrons. The molecule has 0 spiro atoms. The van der Waals surface area contributed by atoms with Crippen LogP contribution in [0.25, 0.3) is 5.69 Å². The van der Waals surface area contributed by atoms with E-state index < -0.39 is 16.0 Å².